The van der Waals surface area contributed by atoms with Crippen molar-refractivity contribution in [1.82, 2.24) is 0 Å². The lowest BCUT2D eigenvalue weighted by Gasteiger charge is -2.12. The zero-order chi connectivity index (χ0) is 20.3. The highest BCUT2D eigenvalue weighted by molar-refractivity contribution is 5.89. The van der Waals surface area contributed by atoms with E-state index in [4.69, 9.17) is 9.84 Å². The lowest BCUT2D eigenvalue weighted by molar-refractivity contribution is -0.120. The van der Waals surface area contributed by atoms with Gasteiger partial charge < -0.3 is 9.84 Å². The molecule has 0 aliphatic heterocycles. The molecule has 2 aromatic carbocycles. The number of hydrogen-bond donors (Lipinski definition) is 1. The maximum atomic E-state index is 14.1. The van der Waals surface area contributed by atoms with Crippen LogP contribution in [0.4, 0.5) is 13.2 Å². The minimum Gasteiger partial charge on any atom is -0.486 e. The summed E-state index contributed by atoms with van der Waals surface area (Å²) in [7, 11) is 0. The fourth-order valence-electron chi connectivity index (χ4n) is 2.79. The first-order valence-corrected chi connectivity index (χ1v) is 8.26. The number of ether oxygens (including phenoxy) is 1. The van der Waals surface area contributed by atoms with E-state index in [2.05, 4.69) is 0 Å². The van der Waals surface area contributed by atoms with Gasteiger partial charge in [0.15, 0.2) is 17.4 Å². The van der Waals surface area contributed by atoms with Crippen molar-refractivity contribution in [2.75, 3.05) is 6.61 Å². The number of benzene rings is 2. The van der Waals surface area contributed by atoms with Crippen LogP contribution in [-0.4, -0.2) is 23.5 Å². The average molecular weight is 380 g/mol. The Bertz CT molecular complexity index is 891. The second-order valence-corrected chi connectivity index (χ2v) is 6.50. The molecule has 144 valence electrons. The van der Waals surface area contributed by atoms with Crippen LogP contribution in [0.5, 0.6) is 5.75 Å². The summed E-state index contributed by atoms with van der Waals surface area (Å²) < 4.78 is 46.4. The Hall–Kier alpha value is -2.83. The van der Waals surface area contributed by atoms with Crippen LogP contribution in [0.25, 0.3) is 0 Å². The van der Waals surface area contributed by atoms with Crippen LogP contribution < -0.4 is 4.74 Å². The summed E-state index contributed by atoms with van der Waals surface area (Å²) in [6, 6.07) is 5.84. The van der Waals surface area contributed by atoms with E-state index in [0.29, 0.717) is 17.7 Å². The Morgan fingerprint density at radius 2 is 1.78 bits per heavy atom. The fraction of sp³-hybridized carbons (Fsp3) is 0.300. The van der Waals surface area contributed by atoms with Gasteiger partial charge in [-0.1, -0.05) is 19.9 Å². The Kier molecular flexibility index (Phi) is 6.25. The summed E-state index contributed by atoms with van der Waals surface area (Å²) >= 11 is 0. The molecule has 0 aliphatic carbocycles. The van der Waals surface area contributed by atoms with E-state index in [9.17, 15) is 22.8 Å². The van der Waals surface area contributed by atoms with Gasteiger partial charge in [-0.05, 0) is 47.7 Å². The van der Waals surface area contributed by atoms with E-state index in [1.807, 2.05) is 26.8 Å². The number of Topliss-reactive ketones (excluding diaryl/α,β-unsaturated/α-hetero) is 1. The molecule has 27 heavy (non-hydrogen) atoms. The number of ketones is 1. The third-order valence-corrected chi connectivity index (χ3v) is 4.10. The Labute approximate surface area is 154 Å². The molecule has 4 nitrogen and oxygen atoms in total. The standard InChI is InChI=1S/C20H19F3O4/c1-10(2)15-5-4-14(6-11(15)3)27-9-13(24)7-12-8-16(21)19(23)17(18(12)22)20(25)26/h4-6,8,10H,7,9H2,1-3H3,(H,25,26). The maximum Gasteiger partial charge on any atom is 0.341 e. The van der Waals surface area contributed by atoms with Crippen molar-refractivity contribution >= 4 is 11.8 Å². The first-order valence-electron chi connectivity index (χ1n) is 8.26. The molecule has 0 fully saturated rings. The predicted octanol–water partition coefficient (Wildman–Crippen LogP) is 4.42. The number of halogens is 3. The molecule has 0 aliphatic rings. The molecule has 0 amide bonds. The molecule has 0 bridgehead atoms. The highest BCUT2D eigenvalue weighted by atomic mass is 19.2. The lowest BCUT2D eigenvalue weighted by Crippen LogP contribution is -2.17. The highest BCUT2D eigenvalue weighted by Gasteiger charge is 2.25. The minimum absolute atomic E-state index is 0.334. The Balaban J connectivity index is 2.11. The summed E-state index contributed by atoms with van der Waals surface area (Å²) in [6.45, 7) is 5.59. The van der Waals surface area contributed by atoms with E-state index < -0.39 is 53.4 Å². The van der Waals surface area contributed by atoms with Crippen LogP contribution in [-0.2, 0) is 11.2 Å². The normalized spacial score (nSPS) is 10.9. The largest absolute Gasteiger partial charge is 0.486 e. The van der Waals surface area contributed by atoms with Crippen molar-refractivity contribution in [2.24, 2.45) is 0 Å². The molecule has 2 aromatic rings. The van der Waals surface area contributed by atoms with Gasteiger partial charge in [-0.3, -0.25) is 4.79 Å². The number of hydrogen-bond acceptors (Lipinski definition) is 3. The van der Waals surface area contributed by atoms with Gasteiger partial charge in [0, 0.05) is 6.42 Å². The quantitative estimate of drug-likeness (QED) is 0.722. The van der Waals surface area contributed by atoms with Crippen LogP contribution in [0.1, 0.15) is 46.8 Å². The molecule has 0 aromatic heterocycles. The van der Waals surface area contributed by atoms with E-state index in [-0.39, 0.29) is 0 Å². The molecular weight excluding hydrogens is 361 g/mol. The van der Waals surface area contributed by atoms with Gasteiger partial charge >= 0.3 is 5.97 Å². The van der Waals surface area contributed by atoms with Crippen LogP contribution in [0.15, 0.2) is 24.3 Å². The fourth-order valence-corrected chi connectivity index (χ4v) is 2.79. The molecule has 0 saturated heterocycles. The van der Waals surface area contributed by atoms with Gasteiger partial charge in [0.25, 0.3) is 0 Å². The molecule has 0 radical (unpaired) electrons. The van der Waals surface area contributed by atoms with E-state index >= 15 is 0 Å². The maximum absolute atomic E-state index is 14.1. The van der Waals surface area contributed by atoms with Crippen LogP contribution in [0.2, 0.25) is 0 Å². The lowest BCUT2D eigenvalue weighted by atomic mass is 9.98. The second-order valence-electron chi connectivity index (χ2n) is 6.50. The smallest absolute Gasteiger partial charge is 0.341 e. The summed E-state index contributed by atoms with van der Waals surface area (Å²) in [5.74, 6) is -6.57. The summed E-state index contributed by atoms with van der Waals surface area (Å²) in [4.78, 5) is 22.9. The van der Waals surface area contributed by atoms with E-state index in [0.717, 1.165) is 11.1 Å². The molecule has 2 rings (SSSR count). The first kappa shape index (κ1) is 20.5. The van der Waals surface area contributed by atoms with Crippen molar-refractivity contribution in [1.29, 1.82) is 0 Å². The highest BCUT2D eigenvalue weighted by Crippen LogP contribution is 2.24. The number of aryl methyl sites for hydroxylation is 1. The number of carbonyl (C=O) groups is 2. The summed E-state index contributed by atoms with van der Waals surface area (Å²) in [5.41, 5.74) is 0.177. The summed E-state index contributed by atoms with van der Waals surface area (Å²) in [6.07, 6.45) is -0.619. The van der Waals surface area contributed by atoms with Gasteiger partial charge in [-0.25, -0.2) is 18.0 Å². The first-order chi connectivity index (χ1) is 12.6. The number of rotatable bonds is 7. The van der Waals surface area contributed by atoms with Gasteiger partial charge in [-0.15, -0.1) is 0 Å². The molecule has 0 heterocycles. The van der Waals surface area contributed by atoms with E-state index in [1.165, 1.54) is 0 Å². The van der Waals surface area contributed by atoms with E-state index in [1.54, 1.807) is 12.1 Å². The van der Waals surface area contributed by atoms with Gasteiger partial charge in [-0.2, -0.15) is 0 Å². The molecule has 0 unspecified atom stereocenters. The zero-order valence-electron chi connectivity index (χ0n) is 15.1. The number of carbonyl (C=O) groups excluding carboxylic acids is 1. The Morgan fingerprint density at radius 3 is 2.33 bits per heavy atom. The molecule has 0 saturated carbocycles. The molecule has 0 spiro atoms. The monoisotopic (exact) mass is 380 g/mol. The second kappa shape index (κ2) is 8.24. The Morgan fingerprint density at radius 1 is 1.11 bits per heavy atom. The van der Waals surface area contributed by atoms with Crippen molar-refractivity contribution in [3.8, 4) is 5.75 Å². The third kappa shape index (κ3) is 4.67. The number of aromatic carboxylic acids is 1. The van der Waals surface area contributed by atoms with Gasteiger partial charge in [0.2, 0.25) is 0 Å². The van der Waals surface area contributed by atoms with Crippen LogP contribution in [0, 0.1) is 24.4 Å². The predicted molar refractivity (Wildman–Crippen MR) is 92.7 cm³/mol. The van der Waals surface area contributed by atoms with Gasteiger partial charge in [0.05, 0.1) is 0 Å². The van der Waals surface area contributed by atoms with Gasteiger partial charge in [0.1, 0.15) is 23.7 Å². The third-order valence-electron chi connectivity index (χ3n) is 4.10. The number of carboxylic acid groups (broad SMARTS) is 1. The van der Waals surface area contributed by atoms with Crippen molar-refractivity contribution < 1.29 is 32.6 Å². The molecule has 7 heteroatoms. The van der Waals surface area contributed by atoms with Crippen molar-refractivity contribution in [2.45, 2.75) is 33.1 Å². The average Bonchev–Trinajstić information content (AvgIpc) is 2.57. The molecular formula is C20H19F3O4. The SMILES string of the molecule is Cc1cc(OCC(=O)Cc2cc(F)c(F)c(C(=O)O)c2F)ccc1C(C)C. The topological polar surface area (TPSA) is 63.6 Å². The zero-order valence-corrected chi connectivity index (χ0v) is 15.1. The van der Waals surface area contributed by atoms with Crippen LogP contribution in [0.3, 0.4) is 0 Å². The molecule has 1 N–H and O–H groups in total. The minimum atomic E-state index is -1.95. The summed E-state index contributed by atoms with van der Waals surface area (Å²) in [5, 5.41) is 8.81. The van der Waals surface area contributed by atoms with Crippen LogP contribution >= 0.6 is 0 Å². The molecule has 0 atom stereocenters. The van der Waals surface area contributed by atoms with Crippen molar-refractivity contribution in [3.63, 3.8) is 0 Å². The van der Waals surface area contributed by atoms with Crippen molar-refractivity contribution in [3.05, 3.63) is 64.0 Å². The number of carboxylic acids is 1.